The zero-order valence-corrected chi connectivity index (χ0v) is 15.4. The van der Waals surface area contributed by atoms with Crippen LogP contribution in [0.15, 0.2) is 59.4 Å². The number of anilines is 1. The van der Waals surface area contributed by atoms with Crippen LogP contribution in [-0.2, 0) is 13.0 Å². The average Bonchev–Trinajstić information content (AvgIpc) is 3.11. The maximum absolute atomic E-state index is 14.5. The number of rotatable bonds is 6. The van der Waals surface area contributed by atoms with Crippen LogP contribution in [0.4, 0.5) is 10.3 Å². The smallest absolute Gasteiger partial charge is 0.274 e. The van der Waals surface area contributed by atoms with E-state index in [9.17, 15) is 9.18 Å². The molecule has 0 saturated heterocycles. The van der Waals surface area contributed by atoms with Gasteiger partial charge in [-0.2, -0.15) is 9.50 Å². The van der Waals surface area contributed by atoms with Crippen molar-refractivity contribution in [2.75, 3.05) is 5.32 Å². The van der Waals surface area contributed by atoms with Crippen molar-refractivity contribution in [1.29, 1.82) is 0 Å². The maximum Gasteiger partial charge on any atom is 0.274 e. The third-order valence-corrected chi connectivity index (χ3v) is 4.50. The molecule has 2 aromatic carbocycles. The van der Waals surface area contributed by atoms with Gasteiger partial charge in [-0.3, -0.25) is 9.89 Å². The van der Waals surface area contributed by atoms with Crippen LogP contribution in [0.25, 0.3) is 16.9 Å². The van der Waals surface area contributed by atoms with Crippen LogP contribution in [0, 0.1) is 5.82 Å². The number of benzene rings is 2. The Morgan fingerprint density at radius 1 is 1.07 bits per heavy atom. The predicted octanol–water partition coefficient (Wildman–Crippen LogP) is 3.79. The zero-order chi connectivity index (χ0) is 19.5. The standard InChI is InChI=1S/C21H20FN5O/c1-2-6-17-12-19(28)27-21(24-17)25-20(26-27)23-13-16-10-9-15(11-18(16)22)14-7-4-3-5-8-14/h3-5,7-12H,2,6,13H2,1H3,(H2,23,24,25,26). The first-order valence-electron chi connectivity index (χ1n) is 9.20. The van der Waals surface area contributed by atoms with Gasteiger partial charge < -0.3 is 5.32 Å². The molecule has 2 N–H and O–H groups in total. The van der Waals surface area contributed by atoms with E-state index in [1.54, 1.807) is 6.07 Å². The van der Waals surface area contributed by atoms with Crippen molar-refractivity contribution in [2.45, 2.75) is 26.3 Å². The van der Waals surface area contributed by atoms with Crippen LogP contribution < -0.4 is 10.9 Å². The lowest BCUT2D eigenvalue weighted by molar-refractivity contribution is 0.613. The summed E-state index contributed by atoms with van der Waals surface area (Å²) in [6.45, 7) is 2.26. The number of aryl methyl sites for hydroxylation is 1. The Bertz CT molecular complexity index is 1170. The summed E-state index contributed by atoms with van der Waals surface area (Å²) in [5.41, 5.74) is 2.80. The lowest BCUT2D eigenvalue weighted by atomic mass is 10.0. The van der Waals surface area contributed by atoms with E-state index in [1.807, 2.05) is 43.3 Å². The summed E-state index contributed by atoms with van der Waals surface area (Å²) < 4.78 is 15.8. The molecule has 2 heterocycles. The minimum absolute atomic E-state index is 0.215. The van der Waals surface area contributed by atoms with Gasteiger partial charge >= 0.3 is 0 Å². The van der Waals surface area contributed by atoms with Crippen molar-refractivity contribution in [2.24, 2.45) is 0 Å². The molecule has 7 heteroatoms. The van der Waals surface area contributed by atoms with Crippen molar-refractivity contribution >= 4 is 11.7 Å². The largest absolute Gasteiger partial charge is 0.350 e. The van der Waals surface area contributed by atoms with E-state index in [4.69, 9.17) is 0 Å². The summed E-state index contributed by atoms with van der Waals surface area (Å²) in [5, 5.41) is 5.88. The number of H-pyrrole nitrogens is 1. The van der Waals surface area contributed by atoms with E-state index in [2.05, 4.69) is 20.4 Å². The van der Waals surface area contributed by atoms with Crippen LogP contribution >= 0.6 is 0 Å². The molecule has 4 aromatic rings. The average molecular weight is 377 g/mol. The van der Waals surface area contributed by atoms with Gasteiger partial charge in [0.15, 0.2) is 0 Å². The number of aromatic amines is 1. The summed E-state index contributed by atoms with van der Waals surface area (Å²) in [7, 11) is 0. The van der Waals surface area contributed by atoms with Crippen molar-refractivity contribution in [3.8, 4) is 11.1 Å². The molecular weight excluding hydrogens is 357 g/mol. The fourth-order valence-electron chi connectivity index (χ4n) is 3.07. The summed E-state index contributed by atoms with van der Waals surface area (Å²) in [6, 6.07) is 16.3. The Morgan fingerprint density at radius 3 is 2.64 bits per heavy atom. The molecule has 0 fully saturated rings. The maximum atomic E-state index is 14.5. The molecule has 0 aliphatic carbocycles. The van der Waals surface area contributed by atoms with Gasteiger partial charge in [0.25, 0.3) is 11.3 Å². The zero-order valence-electron chi connectivity index (χ0n) is 15.4. The monoisotopic (exact) mass is 377 g/mol. The van der Waals surface area contributed by atoms with Crippen molar-refractivity contribution in [1.82, 2.24) is 19.6 Å². The highest BCUT2D eigenvalue weighted by Gasteiger charge is 2.09. The molecule has 0 bridgehead atoms. The number of hydrogen-bond acceptors (Lipinski definition) is 4. The van der Waals surface area contributed by atoms with Gasteiger partial charge in [0.1, 0.15) is 5.82 Å². The lowest BCUT2D eigenvalue weighted by Gasteiger charge is -2.07. The summed E-state index contributed by atoms with van der Waals surface area (Å²) in [5.74, 6) is 0.369. The minimum atomic E-state index is -0.300. The first kappa shape index (κ1) is 17.9. The Labute approximate surface area is 161 Å². The van der Waals surface area contributed by atoms with Crippen LogP contribution in [0.1, 0.15) is 24.6 Å². The predicted molar refractivity (Wildman–Crippen MR) is 107 cm³/mol. The van der Waals surface area contributed by atoms with Crippen molar-refractivity contribution in [3.63, 3.8) is 0 Å². The Morgan fingerprint density at radius 2 is 1.89 bits per heavy atom. The Hall–Kier alpha value is -3.48. The first-order valence-corrected chi connectivity index (χ1v) is 9.20. The fraction of sp³-hybridized carbons (Fsp3) is 0.190. The van der Waals surface area contributed by atoms with Crippen LogP contribution in [0.3, 0.4) is 0 Å². The molecule has 0 aliphatic rings. The fourth-order valence-corrected chi connectivity index (χ4v) is 3.07. The quantitative estimate of drug-likeness (QED) is 0.536. The molecule has 0 amide bonds. The van der Waals surface area contributed by atoms with Gasteiger partial charge in [0, 0.05) is 18.2 Å². The summed E-state index contributed by atoms with van der Waals surface area (Å²) >= 11 is 0. The SMILES string of the molecule is CCCc1cc(=O)n2[nH]c(NCc3ccc(-c4ccccc4)cc3F)nc2n1. The molecule has 0 spiro atoms. The highest BCUT2D eigenvalue weighted by Crippen LogP contribution is 2.22. The van der Waals surface area contributed by atoms with Crippen LogP contribution in [0.5, 0.6) is 0 Å². The van der Waals surface area contributed by atoms with Crippen molar-refractivity contribution in [3.05, 3.63) is 82.0 Å². The molecule has 28 heavy (non-hydrogen) atoms. The Balaban J connectivity index is 1.53. The lowest BCUT2D eigenvalue weighted by Crippen LogP contribution is -2.15. The number of nitrogens with one attached hydrogen (secondary N) is 2. The highest BCUT2D eigenvalue weighted by atomic mass is 19.1. The third kappa shape index (κ3) is 3.64. The molecule has 2 aromatic heterocycles. The number of fused-ring (bicyclic) bond motifs is 1. The number of hydrogen-bond donors (Lipinski definition) is 2. The van der Waals surface area contributed by atoms with E-state index in [1.165, 1.54) is 16.6 Å². The second kappa shape index (κ2) is 7.64. The van der Waals surface area contributed by atoms with E-state index >= 15 is 0 Å². The molecule has 142 valence electrons. The van der Waals surface area contributed by atoms with E-state index in [0.29, 0.717) is 23.0 Å². The van der Waals surface area contributed by atoms with Gasteiger partial charge in [-0.25, -0.2) is 9.37 Å². The third-order valence-electron chi connectivity index (χ3n) is 4.50. The summed E-state index contributed by atoms with van der Waals surface area (Å²) in [6.07, 6.45) is 1.62. The first-order chi connectivity index (χ1) is 13.6. The molecular formula is C21H20FN5O. The molecule has 6 nitrogen and oxygen atoms in total. The Kier molecular flexibility index (Phi) is 4.89. The summed E-state index contributed by atoms with van der Waals surface area (Å²) in [4.78, 5) is 20.8. The molecule has 0 aliphatic heterocycles. The topological polar surface area (TPSA) is 75.1 Å². The molecule has 0 saturated carbocycles. The van der Waals surface area contributed by atoms with Crippen molar-refractivity contribution < 1.29 is 4.39 Å². The van der Waals surface area contributed by atoms with E-state index in [0.717, 1.165) is 24.0 Å². The van der Waals surface area contributed by atoms with E-state index in [-0.39, 0.29) is 17.9 Å². The van der Waals surface area contributed by atoms with Crippen LogP contribution in [0.2, 0.25) is 0 Å². The van der Waals surface area contributed by atoms with Gasteiger partial charge in [-0.15, -0.1) is 0 Å². The number of aromatic nitrogens is 4. The van der Waals surface area contributed by atoms with Gasteiger partial charge in [0.05, 0.1) is 5.69 Å². The molecule has 0 unspecified atom stereocenters. The number of nitrogens with zero attached hydrogens (tertiary/aromatic N) is 3. The van der Waals surface area contributed by atoms with Crippen LogP contribution in [-0.4, -0.2) is 19.6 Å². The minimum Gasteiger partial charge on any atom is -0.350 e. The van der Waals surface area contributed by atoms with Gasteiger partial charge in [0.2, 0.25) is 5.95 Å². The number of halogens is 1. The second-order valence-electron chi connectivity index (χ2n) is 6.57. The van der Waals surface area contributed by atoms with Gasteiger partial charge in [-0.05, 0) is 23.6 Å². The van der Waals surface area contributed by atoms with Gasteiger partial charge in [-0.1, -0.05) is 55.8 Å². The normalized spacial score (nSPS) is 11.1. The molecule has 4 rings (SSSR count). The van der Waals surface area contributed by atoms with E-state index < -0.39 is 0 Å². The highest BCUT2D eigenvalue weighted by molar-refractivity contribution is 5.63. The molecule has 0 atom stereocenters. The second-order valence-corrected chi connectivity index (χ2v) is 6.57. The molecule has 0 radical (unpaired) electrons.